The third kappa shape index (κ3) is 8.18. The van der Waals surface area contributed by atoms with E-state index in [0.717, 1.165) is 33.8 Å². The second kappa shape index (κ2) is 14.7. The van der Waals surface area contributed by atoms with Gasteiger partial charge in [-0.2, -0.15) is 0 Å². The summed E-state index contributed by atoms with van der Waals surface area (Å²) < 4.78 is 29.0. The van der Waals surface area contributed by atoms with E-state index in [2.05, 4.69) is 5.32 Å². The van der Waals surface area contributed by atoms with E-state index < -0.39 is 28.5 Å². The molecule has 0 aromatic heterocycles. The minimum absolute atomic E-state index is 0.104. The Morgan fingerprint density at radius 3 is 2.20 bits per heavy atom. The lowest BCUT2D eigenvalue weighted by atomic mass is 10.1. The molecule has 7 nitrogen and oxygen atoms in total. The molecule has 3 aromatic carbocycles. The van der Waals surface area contributed by atoms with Gasteiger partial charge in [-0.05, 0) is 68.5 Å². The average molecular weight is 564 g/mol. The molecule has 0 saturated heterocycles. The first-order chi connectivity index (χ1) is 19.2. The molecule has 40 heavy (non-hydrogen) atoms. The third-order valence-electron chi connectivity index (χ3n) is 6.88. The molecule has 0 saturated carbocycles. The SMILES string of the molecule is CCCCNC(=O)C(CC)N(CCc1ccccc1)C(=O)CN(c1cccc(C)c1)S(=O)(=O)c1ccc(C)cc1. The molecule has 0 bridgehead atoms. The molecule has 0 aliphatic heterocycles. The predicted molar refractivity (Wildman–Crippen MR) is 161 cm³/mol. The molecule has 2 amide bonds. The van der Waals surface area contributed by atoms with Crippen molar-refractivity contribution in [3.8, 4) is 0 Å². The van der Waals surface area contributed by atoms with Crippen LogP contribution in [0.2, 0.25) is 0 Å². The highest BCUT2D eigenvalue weighted by atomic mass is 32.2. The number of anilines is 1. The summed E-state index contributed by atoms with van der Waals surface area (Å²) in [5.41, 5.74) is 3.24. The Kier molecular flexibility index (Phi) is 11.3. The van der Waals surface area contributed by atoms with Crippen molar-refractivity contribution in [3.05, 3.63) is 95.6 Å². The predicted octanol–water partition coefficient (Wildman–Crippen LogP) is 5.26. The van der Waals surface area contributed by atoms with Gasteiger partial charge in [-0.15, -0.1) is 0 Å². The van der Waals surface area contributed by atoms with Crippen LogP contribution in [0.15, 0.2) is 83.8 Å². The van der Waals surface area contributed by atoms with Crippen LogP contribution in [0.3, 0.4) is 0 Å². The molecule has 0 aliphatic carbocycles. The second-order valence-corrected chi connectivity index (χ2v) is 11.9. The molecule has 0 fully saturated rings. The number of rotatable bonds is 14. The Hall–Kier alpha value is -3.65. The molecule has 0 radical (unpaired) electrons. The maximum Gasteiger partial charge on any atom is 0.264 e. The van der Waals surface area contributed by atoms with Crippen LogP contribution in [-0.2, 0) is 26.0 Å². The maximum atomic E-state index is 14.0. The highest BCUT2D eigenvalue weighted by Crippen LogP contribution is 2.25. The first kappa shape index (κ1) is 30.9. The fourth-order valence-corrected chi connectivity index (χ4v) is 5.96. The van der Waals surface area contributed by atoms with E-state index >= 15 is 0 Å². The fraction of sp³-hybridized carbons (Fsp3) is 0.375. The molecule has 0 spiro atoms. The van der Waals surface area contributed by atoms with E-state index in [-0.39, 0.29) is 17.3 Å². The van der Waals surface area contributed by atoms with E-state index in [1.54, 1.807) is 47.4 Å². The van der Waals surface area contributed by atoms with Crippen LogP contribution in [0.25, 0.3) is 0 Å². The van der Waals surface area contributed by atoms with E-state index in [1.807, 2.05) is 64.1 Å². The summed E-state index contributed by atoms with van der Waals surface area (Å²) in [7, 11) is -4.07. The van der Waals surface area contributed by atoms with E-state index in [0.29, 0.717) is 25.1 Å². The topological polar surface area (TPSA) is 86.8 Å². The van der Waals surface area contributed by atoms with Gasteiger partial charge >= 0.3 is 0 Å². The lowest BCUT2D eigenvalue weighted by Crippen LogP contribution is -2.53. The van der Waals surface area contributed by atoms with Crippen molar-refractivity contribution < 1.29 is 18.0 Å². The molecule has 3 rings (SSSR count). The van der Waals surface area contributed by atoms with Crippen LogP contribution in [0, 0.1) is 13.8 Å². The van der Waals surface area contributed by atoms with Gasteiger partial charge in [0.2, 0.25) is 11.8 Å². The number of carbonyl (C=O) groups excluding carboxylic acids is 2. The molecular weight excluding hydrogens is 522 g/mol. The van der Waals surface area contributed by atoms with Gasteiger partial charge in [-0.3, -0.25) is 13.9 Å². The number of sulfonamides is 1. The zero-order valence-corrected chi connectivity index (χ0v) is 24.8. The maximum absolute atomic E-state index is 14.0. The number of carbonyl (C=O) groups is 2. The first-order valence-corrected chi connectivity index (χ1v) is 15.4. The van der Waals surface area contributed by atoms with Gasteiger partial charge < -0.3 is 10.2 Å². The standard InChI is InChI=1S/C32H41N3O4S/c1-5-7-21-33-32(37)30(6-2)34(22-20-27-13-9-8-10-14-27)31(36)24-35(28-15-11-12-26(4)23-28)40(38,39)29-18-16-25(3)17-19-29/h8-19,23,30H,5-7,20-22,24H2,1-4H3,(H,33,37). The molecular formula is C32H41N3O4S. The third-order valence-corrected chi connectivity index (χ3v) is 8.67. The van der Waals surface area contributed by atoms with E-state index in [9.17, 15) is 18.0 Å². The Morgan fingerprint density at radius 1 is 0.875 bits per heavy atom. The van der Waals surface area contributed by atoms with Gasteiger partial charge in [0.15, 0.2) is 0 Å². The van der Waals surface area contributed by atoms with Gasteiger partial charge in [0, 0.05) is 13.1 Å². The minimum atomic E-state index is -4.07. The van der Waals surface area contributed by atoms with Crippen LogP contribution < -0.4 is 9.62 Å². The number of hydrogen-bond donors (Lipinski definition) is 1. The normalized spacial score (nSPS) is 12.0. The van der Waals surface area contributed by atoms with Crippen molar-refractivity contribution in [2.45, 2.75) is 64.3 Å². The van der Waals surface area contributed by atoms with E-state index in [1.165, 1.54) is 0 Å². The summed E-state index contributed by atoms with van der Waals surface area (Å²) in [6.45, 7) is 8.08. The van der Waals surface area contributed by atoms with Gasteiger partial charge in [-0.25, -0.2) is 8.42 Å². The second-order valence-electron chi connectivity index (χ2n) is 10.1. The smallest absolute Gasteiger partial charge is 0.264 e. The lowest BCUT2D eigenvalue weighted by molar-refractivity contribution is -0.139. The Balaban J connectivity index is 1.98. The summed E-state index contributed by atoms with van der Waals surface area (Å²) in [4.78, 5) is 28.9. The molecule has 214 valence electrons. The van der Waals surface area contributed by atoms with E-state index in [4.69, 9.17) is 0 Å². The molecule has 8 heteroatoms. The molecule has 0 heterocycles. The van der Waals surface area contributed by atoms with Gasteiger partial charge in [0.25, 0.3) is 10.0 Å². The van der Waals surface area contributed by atoms with Gasteiger partial charge in [0.1, 0.15) is 12.6 Å². The van der Waals surface area contributed by atoms with Crippen molar-refractivity contribution in [2.75, 3.05) is 23.9 Å². The highest BCUT2D eigenvalue weighted by molar-refractivity contribution is 7.92. The summed E-state index contributed by atoms with van der Waals surface area (Å²) >= 11 is 0. The highest BCUT2D eigenvalue weighted by Gasteiger charge is 2.33. The first-order valence-electron chi connectivity index (χ1n) is 13.9. The average Bonchev–Trinajstić information content (AvgIpc) is 2.94. The molecule has 0 aliphatic rings. The van der Waals surface area contributed by atoms with Crippen molar-refractivity contribution in [2.24, 2.45) is 0 Å². The number of unbranched alkanes of at least 4 members (excludes halogenated alkanes) is 1. The summed E-state index contributed by atoms with van der Waals surface area (Å²) in [5.74, 6) is -0.647. The summed E-state index contributed by atoms with van der Waals surface area (Å²) in [5, 5.41) is 2.96. The number of nitrogens with zero attached hydrogens (tertiary/aromatic N) is 2. The van der Waals surface area contributed by atoms with Crippen LogP contribution in [0.5, 0.6) is 0 Å². The number of benzene rings is 3. The number of amides is 2. The van der Waals surface area contributed by atoms with Crippen LogP contribution >= 0.6 is 0 Å². The molecule has 1 N–H and O–H groups in total. The van der Waals surface area contributed by atoms with Crippen molar-refractivity contribution in [1.82, 2.24) is 10.2 Å². The molecule has 1 atom stereocenters. The van der Waals surface area contributed by atoms with Crippen molar-refractivity contribution in [3.63, 3.8) is 0 Å². The summed E-state index contributed by atoms with van der Waals surface area (Å²) in [6.07, 6.45) is 2.74. The fourth-order valence-electron chi connectivity index (χ4n) is 4.55. The van der Waals surface area contributed by atoms with Crippen LogP contribution in [0.4, 0.5) is 5.69 Å². The van der Waals surface area contributed by atoms with Crippen molar-refractivity contribution in [1.29, 1.82) is 0 Å². The molecule has 3 aromatic rings. The number of nitrogens with one attached hydrogen (secondary N) is 1. The lowest BCUT2D eigenvalue weighted by Gasteiger charge is -2.33. The Bertz CT molecular complexity index is 1360. The zero-order valence-electron chi connectivity index (χ0n) is 24.0. The minimum Gasteiger partial charge on any atom is -0.354 e. The van der Waals surface area contributed by atoms with Gasteiger partial charge in [-0.1, -0.05) is 80.4 Å². The van der Waals surface area contributed by atoms with Gasteiger partial charge in [0.05, 0.1) is 10.6 Å². The zero-order chi connectivity index (χ0) is 29.1. The quantitative estimate of drug-likeness (QED) is 0.271. The monoisotopic (exact) mass is 563 g/mol. The van der Waals surface area contributed by atoms with Crippen LogP contribution in [-0.4, -0.2) is 50.8 Å². The Morgan fingerprint density at radius 2 is 1.57 bits per heavy atom. The number of hydrogen-bond acceptors (Lipinski definition) is 4. The largest absolute Gasteiger partial charge is 0.354 e. The molecule has 1 unspecified atom stereocenters. The summed E-state index contributed by atoms with van der Waals surface area (Å²) in [6, 6.07) is 22.7. The Labute approximate surface area is 239 Å². The number of aryl methyl sites for hydroxylation is 2. The van der Waals surface area contributed by atoms with Crippen molar-refractivity contribution >= 4 is 27.5 Å². The van der Waals surface area contributed by atoms with Crippen LogP contribution in [0.1, 0.15) is 49.8 Å².